The van der Waals surface area contributed by atoms with Gasteiger partial charge < -0.3 is 15.0 Å². The van der Waals surface area contributed by atoms with Crippen LogP contribution >= 0.6 is 0 Å². The zero-order valence-corrected chi connectivity index (χ0v) is 11.0. The predicted octanol–water partition coefficient (Wildman–Crippen LogP) is 1.73. The Hall–Kier alpha value is -1.06. The van der Waals surface area contributed by atoms with Crippen LogP contribution in [0.2, 0.25) is 0 Å². The van der Waals surface area contributed by atoms with Gasteiger partial charge in [0.05, 0.1) is 12.7 Å². The molecule has 94 valence electrons. The third-order valence-corrected chi connectivity index (χ3v) is 3.47. The molecule has 0 saturated carbocycles. The Balaban J connectivity index is 2.03. The van der Waals surface area contributed by atoms with Crippen molar-refractivity contribution in [1.82, 2.24) is 5.32 Å². The van der Waals surface area contributed by atoms with E-state index in [1.807, 2.05) is 0 Å². The minimum absolute atomic E-state index is 0.300. The van der Waals surface area contributed by atoms with Gasteiger partial charge >= 0.3 is 0 Å². The van der Waals surface area contributed by atoms with E-state index in [4.69, 9.17) is 4.74 Å². The first-order valence-electron chi connectivity index (χ1n) is 6.28. The molecule has 0 aromatic heterocycles. The molecule has 0 radical (unpaired) electrons. The molecule has 1 atom stereocenters. The summed E-state index contributed by atoms with van der Waals surface area (Å²) in [6, 6.07) is 6.46. The highest BCUT2D eigenvalue weighted by Crippen LogP contribution is 2.21. The van der Waals surface area contributed by atoms with Gasteiger partial charge in [0, 0.05) is 32.4 Å². The van der Waals surface area contributed by atoms with Gasteiger partial charge in [0.25, 0.3) is 0 Å². The number of likely N-dealkylation sites (N-methyl/N-ethyl adjacent to an activating group) is 1. The monoisotopic (exact) mass is 234 g/mol. The van der Waals surface area contributed by atoms with E-state index in [9.17, 15) is 0 Å². The molecule has 0 amide bonds. The summed E-state index contributed by atoms with van der Waals surface area (Å²) in [6.45, 7) is 8.04. The molecular weight excluding hydrogens is 212 g/mol. The van der Waals surface area contributed by atoms with Gasteiger partial charge in [0.2, 0.25) is 0 Å². The highest BCUT2D eigenvalue weighted by atomic mass is 16.5. The number of benzene rings is 1. The molecule has 1 aliphatic heterocycles. The van der Waals surface area contributed by atoms with Crippen molar-refractivity contribution in [3.63, 3.8) is 0 Å². The van der Waals surface area contributed by atoms with E-state index >= 15 is 0 Å². The van der Waals surface area contributed by atoms with Gasteiger partial charge in [0.15, 0.2) is 0 Å². The van der Waals surface area contributed by atoms with Gasteiger partial charge in [-0.1, -0.05) is 12.1 Å². The minimum Gasteiger partial charge on any atom is -0.374 e. The molecule has 0 spiro atoms. The fourth-order valence-corrected chi connectivity index (χ4v) is 2.29. The standard InChI is InChI=1S/C14H22N2O/c1-11-5-4-6-14(12(11)2)16(3)10-13-9-15-7-8-17-13/h4-6,13,15H,7-10H2,1-3H3. The summed E-state index contributed by atoms with van der Waals surface area (Å²) < 4.78 is 5.74. The Bertz CT molecular complexity index is 372. The number of ether oxygens (including phenoxy) is 1. The van der Waals surface area contributed by atoms with Crippen LogP contribution in [0, 0.1) is 13.8 Å². The van der Waals surface area contributed by atoms with Crippen LogP contribution < -0.4 is 10.2 Å². The van der Waals surface area contributed by atoms with Gasteiger partial charge in [-0.05, 0) is 31.0 Å². The van der Waals surface area contributed by atoms with Crippen LogP contribution in [-0.4, -0.2) is 39.4 Å². The number of hydrogen-bond donors (Lipinski definition) is 1. The van der Waals surface area contributed by atoms with Gasteiger partial charge in [-0.15, -0.1) is 0 Å². The summed E-state index contributed by atoms with van der Waals surface area (Å²) in [6.07, 6.45) is 0.300. The van der Waals surface area contributed by atoms with Crippen molar-refractivity contribution in [2.24, 2.45) is 0 Å². The van der Waals surface area contributed by atoms with Crippen LogP contribution in [-0.2, 0) is 4.74 Å². The third kappa shape index (κ3) is 2.99. The molecule has 2 rings (SSSR count). The van der Waals surface area contributed by atoms with Crippen LogP contribution in [0.4, 0.5) is 5.69 Å². The van der Waals surface area contributed by atoms with Gasteiger partial charge in [-0.2, -0.15) is 0 Å². The van der Waals surface area contributed by atoms with Crippen molar-refractivity contribution in [2.75, 3.05) is 38.2 Å². The lowest BCUT2D eigenvalue weighted by molar-refractivity contribution is 0.0340. The summed E-state index contributed by atoms with van der Waals surface area (Å²) >= 11 is 0. The van der Waals surface area contributed by atoms with Crippen LogP contribution in [0.15, 0.2) is 18.2 Å². The van der Waals surface area contributed by atoms with Crippen LogP contribution in [0.25, 0.3) is 0 Å². The lowest BCUT2D eigenvalue weighted by Crippen LogP contribution is -2.44. The molecule has 0 bridgehead atoms. The van der Waals surface area contributed by atoms with Crippen LogP contribution in [0.1, 0.15) is 11.1 Å². The van der Waals surface area contributed by atoms with E-state index in [1.54, 1.807) is 0 Å². The summed E-state index contributed by atoms with van der Waals surface area (Å²) in [5.74, 6) is 0. The Morgan fingerprint density at radius 3 is 2.94 bits per heavy atom. The maximum absolute atomic E-state index is 5.74. The first kappa shape index (κ1) is 12.4. The number of nitrogens with one attached hydrogen (secondary N) is 1. The highest BCUT2D eigenvalue weighted by molar-refractivity contribution is 5.55. The van der Waals surface area contributed by atoms with E-state index in [0.29, 0.717) is 6.10 Å². The molecule has 1 N–H and O–H groups in total. The molecule has 3 heteroatoms. The summed E-state index contributed by atoms with van der Waals surface area (Å²) in [5.41, 5.74) is 4.01. The Morgan fingerprint density at radius 1 is 1.41 bits per heavy atom. The average Bonchev–Trinajstić information content (AvgIpc) is 2.34. The number of aryl methyl sites for hydroxylation is 1. The summed E-state index contributed by atoms with van der Waals surface area (Å²) in [5, 5.41) is 3.37. The highest BCUT2D eigenvalue weighted by Gasteiger charge is 2.16. The number of morpholine rings is 1. The zero-order valence-electron chi connectivity index (χ0n) is 11.0. The molecule has 3 nitrogen and oxygen atoms in total. The molecule has 1 aromatic carbocycles. The molecule has 17 heavy (non-hydrogen) atoms. The maximum Gasteiger partial charge on any atom is 0.0874 e. The largest absolute Gasteiger partial charge is 0.374 e. The second kappa shape index (κ2) is 5.52. The fraction of sp³-hybridized carbons (Fsp3) is 0.571. The van der Waals surface area contributed by atoms with Crippen molar-refractivity contribution in [2.45, 2.75) is 20.0 Å². The second-order valence-electron chi connectivity index (χ2n) is 4.80. The summed E-state index contributed by atoms with van der Waals surface area (Å²) in [7, 11) is 2.14. The van der Waals surface area contributed by atoms with Crippen molar-refractivity contribution >= 4 is 5.69 Å². The number of anilines is 1. The quantitative estimate of drug-likeness (QED) is 0.862. The topological polar surface area (TPSA) is 24.5 Å². The lowest BCUT2D eigenvalue weighted by Gasteiger charge is -2.30. The van der Waals surface area contributed by atoms with E-state index in [0.717, 1.165) is 26.2 Å². The van der Waals surface area contributed by atoms with Crippen molar-refractivity contribution < 1.29 is 4.74 Å². The lowest BCUT2D eigenvalue weighted by atomic mass is 10.1. The summed E-state index contributed by atoms with van der Waals surface area (Å²) in [4.78, 5) is 2.29. The SMILES string of the molecule is Cc1cccc(N(C)CC2CNCCO2)c1C. The average molecular weight is 234 g/mol. The Labute approximate surface area is 104 Å². The third-order valence-electron chi connectivity index (χ3n) is 3.47. The van der Waals surface area contributed by atoms with Gasteiger partial charge in [0.1, 0.15) is 0 Å². The van der Waals surface area contributed by atoms with Gasteiger partial charge in [-0.3, -0.25) is 0 Å². The van der Waals surface area contributed by atoms with Crippen molar-refractivity contribution in [3.8, 4) is 0 Å². The molecule has 1 fully saturated rings. The molecule has 1 unspecified atom stereocenters. The Morgan fingerprint density at radius 2 is 2.24 bits per heavy atom. The first-order valence-corrected chi connectivity index (χ1v) is 6.28. The number of hydrogen-bond acceptors (Lipinski definition) is 3. The number of rotatable bonds is 3. The molecule has 0 aliphatic carbocycles. The van der Waals surface area contributed by atoms with E-state index in [1.165, 1.54) is 16.8 Å². The normalized spacial score (nSPS) is 20.3. The van der Waals surface area contributed by atoms with Gasteiger partial charge in [-0.25, -0.2) is 0 Å². The first-order chi connectivity index (χ1) is 8.18. The molecule has 1 heterocycles. The maximum atomic E-state index is 5.74. The second-order valence-corrected chi connectivity index (χ2v) is 4.80. The van der Waals surface area contributed by atoms with E-state index < -0.39 is 0 Å². The van der Waals surface area contributed by atoms with Crippen molar-refractivity contribution in [3.05, 3.63) is 29.3 Å². The van der Waals surface area contributed by atoms with E-state index in [-0.39, 0.29) is 0 Å². The molecule has 1 aliphatic rings. The molecule has 1 aromatic rings. The smallest absolute Gasteiger partial charge is 0.0874 e. The number of nitrogens with zero attached hydrogens (tertiary/aromatic N) is 1. The van der Waals surface area contributed by atoms with E-state index in [2.05, 4.69) is 49.3 Å². The van der Waals surface area contributed by atoms with Crippen LogP contribution in [0.3, 0.4) is 0 Å². The molecule has 1 saturated heterocycles. The minimum atomic E-state index is 0.300. The molecular formula is C14H22N2O. The zero-order chi connectivity index (χ0) is 12.3. The van der Waals surface area contributed by atoms with Crippen LogP contribution in [0.5, 0.6) is 0 Å². The van der Waals surface area contributed by atoms with Crippen molar-refractivity contribution in [1.29, 1.82) is 0 Å². The Kier molecular flexibility index (Phi) is 4.02. The fourth-order valence-electron chi connectivity index (χ4n) is 2.29. The predicted molar refractivity (Wildman–Crippen MR) is 71.8 cm³/mol.